The summed E-state index contributed by atoms with van der Waals surface area (Å²) in [7, 11) is 0. The van der Waals surface area contributed by atoms with Crippen molar-refractivity contribution in [2.24, 2.45) is 5.92 Å². The van der Waals surface area contributed by atoms with Gasteiger partial charge in [0.1, 0.15) is 10.7 Å². The number of carbonyl (C=O) groups excluding carboxylic acids is 1. The van der Waals surface area contributed by atoms with Gasteiger partial charge in [0.25, 0.3) is 5.91 Å². The second-order valence-electron chi connectivity index (χ2n) is 8.18. The molecule has 3 nitrogen and oxygen atoms in total. The Labute approximate surface area is 164 Å². The van der Waals surface area contributed by atoms with Gasteiger partial charge in [-0.05, 0) is 69.1 Å². The van der Waals surface area contributed by atoms with Crippen molar-refractivity contribution in [3.8, 4) is 0 Å². The highest BCUT2D eigenvalue weighted by atomic mass is 32.1. The van der Waals surface area contributed by atoms with E-state index in [9.17, 15) is 9.18 Å². The maximum Gasteiger partial charge on any atom is 0.266 e. The molecule has 0 radical (unpaired) electrons. The van der Waals surface area contributed by atoms with Crippen molar-refractivity contribution in [2.75, 3.05) is 0 Å². The van der Waals surface area contributed by atoms with Gasteiger partial charge in [0.05, 0.1) is 10.7 Å². The third-order valence-corrected chi connectivity index (χ3v) is 7.00. The molecule has 0 atom stereocenters. The Morgan fingerprint density at radius 1 is 1.11 bits per heavy atom. The van der Waals surface area contributed by atoms with Crippen LogP contribution in [0.25, 0.3) is 0 Å². The summed E-state index contributed by atoms with van der Waals surface area (Å²) < 4.78 is 13.1. The minimum atomic E-state index is -0.230. The Morgan fingerprint density at radius 3 is 2.30 bits per heavy atom. The lowest BCUT2D eigenvalue weighted by Crippen LogP contribution is -2.43. The van der Waals surface area contributed by atoms with Crippen LogP contribution < -0.4 is 0 Å². The standard InChI is InChI=1S/C22H27FN2OS/c1-14-3-9-18(10-4-14)25(19-11-12-19)22(26)21-15(2)24-20(27-21)13-16-5-7-17(23)8-6-16/h5-8,14,18-19H,3-4,9-13H2,1-2H3. The van der Waals surface area contributed by atoms with E-state index in [2.05, 4.69) is 16.8 Å². The summed E-state index contributed by atoms with van der Waals surface area (Å²) >= 11 is 1.51. The maximum atomic E-state index is 13.4. The molecule has 0 saturated heterocycles. The summed E-state index contributed by atoms with van der Waals surface area (Å²) in [4.78, 5) is 21.0. The number of carbonyl (C=O) groups is 1. The number of benzene rings is 1. The molecule has 2 aliphatic rings. The molecule has 1 heterocycles. The average molecular weight is 387 g/mol. The molecule has 2 aliphatic carbocycles. The van der Waals surface area contributed by atoms with E-state index in [1.165, 1.54) is 36.3 Å². The van der Waals surface area contributed by atoms with Gasteiger partial charge in [0.2, 0.25) is 0 Å². The molecule has 1 aromatic carbocycles. The van der Waals surface area contributed by atoms with Gasteiger partial charge in [-0.25, -0.2) is 9.37 Å². The fourth-order valence-corrected chi connectivity index (χ4v) is 5.17. The SMILES string of the molecule is Cc1nc(Cc2ccc(F)cc2)sc1C(=O)N(C1CCC(C)CC1)C1CC1. The molecule has 2 aromatic rings. The number of aromatic nitrogens is 1. The minimum Gasteiger partial charge on any atom is -0.332 e. The Balaban J connectivity index is 1.52. The second-order valence-corrected chi connectivity index (χ2v) is 9.27. The van der Waals surface area contributed by atoms with Gasteiger partial charge in [-0.15, -0.1) is 11.3 Å². The number of hydrogen-bond acceptors (Lipinski definition) is 3. The van der Waals surface area contributed by atoms with Crippen molar-refractivity contribution in [2.45, 2.75) is 70.9 Å². The summed E-state index contributed by atoms with van der Waals surface area (Å²) in [6.45, 7) is 4.25. The van der Waals surface area contributed by atoms with Crippen molar-refractivity contribution >= 4 is 17.2 Å². The van der Waals surface area contributed by atoms with Crippen LogP contribution in [0.2, 0.25) is 0 Å². The fraction of sp³-hybridized carbons (Fsp3) is 0.545. The van der Waals surface area contributed by atoms with Crippen molar-refractivity contribution in [1.29, 1.82) is 0 Å². The molecule has 0 aliphatic heterocycles. The number of rotatable bonds is 5. The van der Waals surface area contributed by atoms with Crippen LogP contribution in [0, 0.1) is 18.7 Å². The molecule has 27 heavy (non-hydrogen) atoms. The molecule has 0 bridgehead atoms. The smallest absolute Gasteiger partial charge is 0.266 e. The highest BCUT2D eigenvalue weighted by Crippen LogP contribution is 2.37. The Morgan fingerprint density at radius 2 is 1.70 bits per heavy atom. The number of nitrogens with zero attached hydrogens (tertiary/aromatic N) is 2. The van der Waals surface area contributed by atoms with Crippen LogP contribution in [-0.2, 0) is 6.42 Å². The van der Waals surface area contributed by atoms with Gasteiger partial charge in [-0.2, -0.15) is 0 Å². The Hall–Kier alpha value is -1.75. The Kier molecular flexibility index (Phi) is 5.31. The first-order valence-electron chi connectivity index (χ1n) is 10.0. The van der Waals surface area contributed by atoms with Crippen molar-refractivity contribution < 1.29 is 9.18 Å². The van der Waals surface area contributed by atoms with E-state index in [4.69, 9.17) is 0 Å². The Bertz CT molecular complexity index is 804. The van der Waals surface area contributed by atoms with Gasteiger partial charge in [-0.3, -0.25) is 4.79 Å². The summed E-state index contributed by atoms with van der Waals surface area (Å²) in [5.74, 6) is 0.731. The van der Waals surface area contributed by atoms with Gasteiger partial charge in [0, 0.05) is 18.5 Å². The summed E-state index contributed by atoms with van der Waals surface area (Å²) in [5.41, 5.74) is 1.85. The lowest BCUT2D eigenvalue weighted by Gasteiger charge is -2.36. The van der Waals surface area contributed by atoms with Gasteiger partial charge >= 0.3 is 0 Å². The zero-order valence-corrected chi connectivity index (χ0v) is 16.9. The third kappa shape index (κ3) is 4.23. The summed E-state index contributed by atoms with van der Waals surface area (Å²) in [6, 6.07) is 7.34. The molecule has 1 aromatic heterocycles. The molecule has 0 N–H and O–H groups in total. The zero-order valence-electron chi connectivity index (χ0n) is 16.1. The molecule has 1 amide bonds. The van der Waals surface area contributed by atoms with Crippen molar-refractivity contribution in [1.82, 2.24) is 9.88 Å². The van der Waals surface area contributed by atoms with E-state index < -0.39 is 0 Å². The van der Waals surface area contributed by atoms with E-state index >= 15 is 0 Å². The first-order valence-corrected chi connectivity index (χ1v) is 10.9. The van der Waals surface area contributed by atoms with E-state index in [-0.39, 0.29) is 11.7 Å². The van der Waals surface area contributed by atoms with E-state index in [0.29, 0.717) is 18.5 Å². The zero-order chi connectivity index (χ0) is 19.0. The number of hydrogen-bond donors (Lipinski definition) is 0. The monoisotopic (exact) mass is 386 g/mol. The lowest BCUT2D eigenvalue weighted by molar-refractivity contribution is 0.0597. The van der Waals surface area contributed by atoms with Crippen LogP contribution in [0.4, 0.5) is 4.39 Å². The van der Waals surface area contributed by atoms with Gasteiger partial charge < -0.3 is 4.90 Å². The quantitative estimate of drug-likeness (QED) is 0.693. The van der Waals surface area contributed by atoms with Crippen LogP contribution >= 0.6 is 11.3 Å². The van der Waals surface area contributed by atoms with E-state index in [0.717, 1.165) is 52.7 Å². The van der Waals surface area contributed by atoms with Crippen LogP contribution in [0.3, 0.4) is 0 Å². The number of amides is 1. The average Bonchev–Trinajstić information content (AvgIpc) is 3.41. The first kappa shape index (κ1) is 18.6. The first-order chi connectivity index (χ1) is 13.0. The summed E-state index contributed by atoms with van der Waals surface area (Å²) in [5, 5.41) is 0.926. The highest BCUT2D eigenvalue weighted by Gasteiger charge is 2.39. The van der Waals surface area contributed by atoms with Crippen molar-refractivity contribution in [3.05, 3.63) is 51.2 Å². The molecule has 2 saturated carbocycles. The number of thiazole rings is 1. The highest BCUT2D eigenvalue weighted by molar-refractivity contribution is 7.13. The van der Waals surface area contributed by atoms with Gasteiger partial charge in [-0.1, -0.05) is 19.1 Å². The van der Waals surface area contributed by atoms with Crippen LogP contribution in [0.1, 0.15) is 71.4 Å². The van der Waals surface area contributed by atoms with Gasteiger partial charge in [0.15, 0.2) is 0 Å². The predicted molar refractivity (Wildman–Crippen MR) is 107 cm³/mol. The molecule has 0 unspecified atom stereocenters. The molecule has 144 valence electrons. The fourth-order valence-electron chi connectivity index (χ4n) is 4.12. The molecular formula is C22H27FN2OS. The molecule has 5 heteroatoms. The topological polar surface area (TPSA) is 33.2 Å². The minimum absolute atomic E-state index is 0.178. The number of halogens is 1. The van der Waals surface area contributed by atoms with Crippen LogP contribution in [0.5, 0.6) is 0 Å². The molecule has 4 rings (SSSR count). The largest absolute Gasteiger partial charge is 0.332 e. The lowest BCUT2D eigenvalue weighted by atomic mass is 9.86. The molecule has 2 fully saturated rings. The summed E-state index contributed by atoms with van der Waals surface area (Å²) in [6.07, 6.45) is 7.62. The van der Waals surface area contributed by atoms with Crippen LogP contribution in [-0.4, -0.2) is 27.9 Å². The second kappa shape index (κ2) is 7.70. The van der Waals surface area contributed by atoms with E-state index in [1.807, 2.05) is 6.92 Å². The third-order valence-electron chi connectivity index (χ3n) is 5.86. The normalized spacial score (nSPS) is 22.6. The molecule has 0 spiro atoms. The number of aryl methyl sites for hydroxylation is 1. The maximum absolute atomic E-state index is 13.4. The van der Waals surface area contributed by atoms with Crippen molar-refractivity contribution in [3.63, 3.8) is 0 Å². The van der Waals surface area contributed by atoms with Crippen LogP contribution in [0.15, 0.2) is 24.3 Å². The van der Waals surface area contributed by atoms with E-state index in [1.54, 1.807) is 12.1 Å². The molecular weight excluding hydrogens is 359 g/mol. The predicted octanol–water partition coefficient (Wildman–Crippen LogP) is 5.36.